The lowest BCUT2D eigenvalue weighted by atomic mass is 10.0. The first-order chi connectivity index (χ1) is 15.8. The number of benzene rings is 1. The van der Waals surface area contributed by atoms with E-state index in [0.717, 1.165) is 13.0 Å². The number of hydroxylamine groups is 1. The summed E-state index contributed by atoms with van der Waals surface area (Å²) < 4.78 is 28.1. The fraction of sp³-hybridized carbons (Fsp3) is 0.550. The van der Waals surface area contributed by atoms with Gasteiger partial charge in [0.15, 0.2) is 6.29 Å². The van der Waals surface area contributed by atoms with Gasteiger partial charge in [0.25, 0.3) is 0 Å². The maximum absolute atomic E-state index is 12.9. The molecule has 0 saturated carbocycles. The molecule has 1 aromatic carbocycles. The fourth-order valence-corrected chi connectivity index (χ4v) is 4.84. The van der Waals surface area contributed by atoms with Crippen LogP contribution in [0.2, 0.25) is 0 Å². The van der Waals surface area contributed by atoms with Crippen LogP contribution in [-0.2, 0) is 24.4 Å². The number of carboxylic acids is 1. The van der Waals surface area contributed by atoms with Gasteiger partial charge in [-0.05, 0) is 50.8 Å². The van der Waals surface area contributed by atoms with Crippen LogP contribution >= 0.6 is 0 Å². The number of hydrogen-bond acceptors (Lipinski definition) is 9. The number of unbranched alkanes of at least 4 members (excludes halogenated alkanes) is 1. The summed E-state index contributed by atoms with van der Waals surface area (Å²) in [6, 6.07) is 6.64. The third-order valence-electron chi connectivity index (χ3n) is 5.30. The molecule has 33 heavy (non-hydrogen) atoms. The van der Waals surface area contributed by atoms with Crippen LogP contribution in [0.3, 0.4) is 0 Å². The zero-order valence-electron chi connectivity index (χ0n) is 18.1. The number of amides is 1. The van der Waals surface area contributed by atoms with E-state index in [2.05, 4.69) is 31.1 Å². The highest BCUT2D eigenvalue weighted by atomic mass is 32.2. The maximum Gasteiger partial charge on any atom is 0.345 e. The van der Waals surface area contributed by atoms with Gasteiger partial charge in [0.2, 0.25) is 21.6 Å². The second-order valence-corrected chi connectivity index (χ2v) is 9.50. The summed E-state index contributed by atoms with van der Waals surface area (Å²) in [6.07, 6.45) is 3.54. The Balaban J connectivity index is 1.71. The number of hydrogen-bond donors (Lipinski definition) is 6. The van der Waals surface area contributed by atoms with Gasteiger partial charge >= 0.3 is 5.97 Å². The van der Waals surface area contributed by atoms with E-state index in [-0.39, 0.29) is 24.2 Å². The quantitative estimate of drug-likeness (QED) is 0.166. The molecular formula is C20H30N6O6S. The van der Waals surface area contributed by atoms with Crippen LogP contribution in [0.15, 0.2) is 40.2 Å². The molecule has 1 aromatic rings. The minimum absolute atomic E-state index is 0.102. The lowest BCUT2D eigenvalue weighted by molar-refractivity contribution is -0.149. The van der Waals surface area contributed by atoms with Crippen molar-refractivity contribution < 1.29 is 28.0 Å². The molecule has 2 heterocycles. The summed E-state index contributed by atoms with van der Waals surface area (Å²) in [5, 5.41) is 18.8. The lowest BCUT2D eigenvalue weighted by Crippen LogP contribution is -2.67. The average molecular weight is 483 g/mol. The smallest absolute Gasteiger partial charge is 0.345 e. The minimum atomic E-state index is -4.23. The zero-order valence-corrected chi connectivity index (χ0v) is 18.9. The van der Waals surface area contributed by atoms with E-state index in [0.29, 0.717) is 25.8 Å². The first kappa shape index (κ1) is 25.2. The molecule has 3 unspecified atom stereocenters. The monoisotopic (exact) mass is 482 g/mol. The van der Waals surface area contributed by atoms with E-state index in [1.54, 1.807) is 6.07 Å². The lowest BCUT2D eigenvalue weighted by Gasteiger charge is -2.32. The van der Waals surface area contributed by atoms with Gasteiger partial charge in [-0.25, -0.2) is 13.2 Å². The number of carbonyl (C=O) groups excluding carboxylic acids is 1. The number of sulfonamides is 1. The third kappa shape index (κ3) is 7.03. The van der Waals surface area contributed by atoms with E-state index in [4.69, 9.17) is 4.84 Å². The molecule has 0 aromatic heterocycles. The number of aliphatic carboxylic acids is 1. The summed E-state index contributed by atoms with van der Waals surface area (Å²) in [5.74, 6) is -2.16. The Hall–Kier alpha value is -2.42. The third-order valence-corrected chi connectivity index (χ3v) is 6.81. The maximum atomic E-state index is 12.9. The molecule has 2 aliphatic rings. The van der Waals surface area contributed by atoms with Gasteiger partial charge in [-0.3, -0.25) is 20.4 Å². The molecule has 0 bridgehead atoms. The number of rotatable bonds is 12. The predicted molar refractivity (Wildman–Crippen MR) is 120 cm³/mol. The Morgan fingerprint density at radius 3 is 2.67 bits per heavy atom. The molecule has 0 spiro atoms. The number of carboxylic acid groups (broad SMARTS) is 1. The first-order valence-electron chi connectivity index (χ1n) is 10.8. The van der Waals surface area contributed by atoms with Crippen LogP contribution in [-0.4, -0.2) is 69.3 Å². The van der Waals surface area contributed by atoms with Crippen LogP contribution in [0, 0.1) is 0 Å². The second kappa shape index (κ2) is 11.6. The summed E-state index contributed by atoms with van der Waals surface area (Å²) in [6.45, 7) is 1.63. The van der Waals surface area contributed by atoms with Crippen LogP contribution in [0.4, 0.5) is 0 Å². The Morgan fingerprint density at radius 2 is 2.03 bits per heavy atom. The Labute approximate surface area is 192 Å². The van der Waals surface area contributed by atoms with Crippen LogP contribution in [0.5, 0.6) is 0 Å². The van der Waals surface area contributed by atoms with Gasteiger partial charge < -0.3 is 15.3 Å². The van der Waals surface area contributed by atoms with E-state index in [9.17, 15) is 23.1 Å². The summed E-state index contributed by atoms with van der Waals surface area (Å²) in [5.41, 5.74) is 0.288. The summed E-state index contributed by atoms with van der Waals surface area (Å²) in [4.78, 5) is 34.2. The van der Waals surface area contributed by atoms with E-state index in [1.807, 2.05) is 6.21 Å². The number of nitrogens with zero attached hydrogens (tertiary/aromatic N) is 1. The summed E-state index contributed by atoms with van der Waals surface area (Å²) >= 11 is 0. The van der Waals surface area contributed by atoms with E-state index < -0.39 is 33.6 Å². The van der Waals surface area contributed by atoms with Crippen molar-refractivity contribution in [3.05, 3.63) is 30.3 Å². The molecule has 6 N–H and O–H groups in total. The van der Waals surface area contributed by atoms with Gasteiger partial charge in [0, 0.05) is 12.8 Å². The van der Waals surface area contributed by atoms with Crippen LogP contribution < -0.4 is 26.2 Å². The zero-order chi connectivity index (χ0) is 23.7. The molecular weight excluding hydrogens is 452 g/mol. The SMILES string of the molecule is O=C(NC(CCCCNC1N=CCCN1)(NS(=O)(=O)c1ccccc1)C(=O)O)C1CCON1. The highest BCUT2D eigenvalue weighted by molar-refractivity contribution is 7.89. The Morgan fingerprint density at radius 1 is 1.24 bits per heavy atom. The van der Waals surface area contributed by atoms with Crippen molar-refractivity contribution in [2.45, 2.75) is 55.0 Å². The van der Waals surface area contributed by atoms with Gasteiger partial charge in [-0.1, -0.05) is 18.2 Å². The molecule has 0 radical (unpaired) electrons. The van der Waals surface area contributed by atoms with E-state index >= 15 is 0 Å². The molecule has 3 rings (SSSR count). The van der Waals surface area contributed by atoms with Crippen molar-refractivity contribution in [1.29, 1.82) is 0 Å². The Kier molecular flexibility index (Phi) is 8.88. The van der Waals surface area contributed by atoms with Gasteiger partial charge in [0.05, 0.1) is 11.5 Å². The molecule has 1 amide bonds. The van der Waals surface area contributed by atoms with Crippen molar-refractivity contribution in [2.24, 2.45) is 4.99 Å². The number of carbonyl (C=O) groups is 2. The minimum Gasteiger partial charge on any atom is -0.478 e. The van der Waals surface area contributed by atoms with Crippen LogP contribution in [0.1, 0.15) is 32.1 Å². The molecule has 13 heteroatoms. The van der Waals surface area contributed by atoms with Crippen molar-refractivity contribution in [2.75, 3.05) is 19.7 Å². The standard InChI is InChI=1S/C20H30N6O6S/c27-17(16-9-14-32-25-16)24-20(18(28)29,26-33(30,31)15-7-2-1-3-8-15)10-4-5-11-21-19-22-12-6-13-23-19/h1-3,7-8,12,16,19,21,23,25-26H,4-6,9-11,13-14H2,(H,24,27)(H,28,29). The number of aliphatic imine (C=N–C) groups is 1. The molecule has 1 fully saturated rings. The summed E-state index contributed by atoms with van der Waals surface area (Å²) in [7, 11) is -4.23. The van der Waals surface area contributed by atoms with Crippen LogP contribution in [0.25, 0.3) is 0 Å². The topological polar surface area (TPSA) is 170 Å². The van der Waals surface area contributed by atoms with E-state index in [1.165, 1.54) is 24.3 Å². The van der Waals surface area contributed by atoms with Crippen molar-refractivity contribution in [3.8, 4) is 0 Å². The van der Waals surface area contributed by atoms with Gasteiger partial charge in [0.1, 0.15) is 6.04 Å². The molecule has 2 aliphatic heterocycles. The highest BCUT2D eigenvalue weighted by Crippen LogP contribution is 2.19. The predicted octanol–water partition coefficient (Wildman–Crippen LogP) is -0.737. The molecule has 182 valence electrons. The van der Waals surface area contributed by atoms with Gasteiger partial charge in [-0.15, -0.1) is 0 Å². The fourth-order valence-electron chi connectivity index (χ4n) is 3.50. The largest absolute Gasteiger partial charge is 0.478 e. The molecule has 1 saturated heterocycles. The average Bonchev–Trinajstić information content (AvgIpc) is 3.35. The molecule has 3 atom stereocenters. The van der Waals surface area contributed by atoms with Crippen molar-refractivity contribution >= 4 is 28.1 Å². The second-order valence-electron chi connectivity index (χ2n) is 7.81. The Bertz CT molecular complexity index is 938. The number of nitrogens with one attached hydrogen (secondary N) is 5. The molecule has 0 aliphatic carbocycles. The van der Waals surface area contributed by atoms with Gasteiger partial charge in [-0.2, -0.15) is 10.2 Å². The molecule has 12 nitrogen and oxygen atoms in total. The first-order valence-corrected chi connectivity index (χ1v) is 12.3. The van der Waals surface area contributed by atoms with Crippen molar-refractivity contribution in [3.63, 3.8) is 0 Å². The highest BCUT2D eigenvalue weighted by Gasteiger charge is 2.45. The normalized spacial score (nSPS) is 22.5. The van der Waals surface area contributed by atoms with Crippen molar-refractivity contribution in [1.82, 2.24) is 26.2 Å².